The molecule has 1 rings (SSSR count). The summed E-state index contributed by atoms with van der Waals surface area (Å²) in [5.41, 5.74) is 0.527. The minimum Gasteiger partial charge on any atom is -0.314 e. The molecule has 0 aromatic rings. The van der Waals surface area contributed by atoms with E-state index in [-0.39, 0.29) is 0 Å². The van der Waals surface area contributed by atoms with Crippen molar-refractivity contribution in [3.05, 3.63) is 0 Å². The van der Waals surface area contributed by atoms with E-state index in [2.05, 4.69) is 58.8 Å². The Morgan fingerprint density at radius 2 is 1.90 bits per heavy atom. The van der Waals surface area contributed by atoms with E-state index in [1.807, 2.05) is 0 Å². The minimum absolute atomic E-state index is 0.527. The van der Waals surface area contributed by atoms with E-state index >= 15 is 0 Å². The van der Waals surface area contributed by atoms with Crippen LogP contribution in [-0.4, -0.2) is 37.1 Å². The lowest BCUT2D eigenvalue weighted by Crippen LogP contribution is -2.48. The molecule has 0 aromatic carbocycles. The van der Waals surface area contributed by atoms with Gasteiger partial charge in [0.1, 0.15) is 0 Å². The molecule has 0 aromatic heterocycles. The zero-order valence-corrected chi connectivity index (χ0v) is 15.0. The van der Waals surface area contributed by atoms with E-state index < -0.39 is 0 Å². The standard InChI is InChI=1S/C18H38N2/c1-8-19-17-9-10-18(5,6)12-16(17)13-20(7)15(4)11-14(2)3/h14-17,19H,8-13H2,1-7H3. The van der Waals surface area contributed by atoms with E-state index in [0.717, 1.165) is 24.4 Å². The molecule has 1 aliphatic rings. The van der Waals surface area contributed by atoms with Gasteiger partial charge in [-0.2, -0.15) is 0 Å². The fourth-order valence-electron chi connectivity index (χ4n) is 3.87. The Labute approximate surface area is 127 Å². The van der Waals surface area contributed by atoms with Gasteiger partial charge in [-0.25, -0.2) is 0 Å². The van der Waals surface area contributed by atoms with Crippen LogP contribution in [-0.2, 0) is 0 Å². The maximum absolute atomic E-state index is 3.73. The maximum atomic E-state index is 3.73. The molecule has 0 saturated heterocycles. The van der Waals surface area contributed by atoms with E-state index in [1.165, 1.54) is 32.2 Å². The number of hydrogen-bond donors (Lipinski definition) is 1. The Balaban J connectivity index is 2.59. The van der Waals surface area contributed by atoms with Crippen LogP contribution in [0.4, 0.5) is 0 Å². The highest BCUT2D eigenvalue weighted by molar-refractivity contribution is 4.90. The number of nitrogens with one attached hydrogen (secondary N) is 1. The molecule has 1 saturated carbocycles. The Bertz CT molecular complexity index is 273. The molecule has 0 radical (unpaired) electrons. The number of nitrogens with zero attached hydrogens (tertiary/aromatic N) is 1. The molecule has 1 fully saturated rings. The SMILES string of the molecule is CCNC1CCC(C)(C)CC1CN(C)C(C)CC(C)C. The van der Waals surface area contributed by atoms with Crippen molar-refractivity contribution in [2.45, 2.75) is 79.3 Å². The highest BCUT2D eigenvalue weighted by Gasteiger charge is 2.35. The molecule has 1 aliphatic carbocycles. The molecule has 1 N–H and O–H groups in total. The van der Waals surface area contributed by atoms with Gasteiger partial charge >= 0.3 is 0 Å². The molecule has 0 aliphatic heterocycles. The van der Waals surface area contributed by atoms with Crippen molar-refractivity contribution in [2.75, 3.05) is 20.1 Å². The molecule has 0 heterocycles. The summed E-state index contributed by atoms with van der Waals surface area (Å²) in [4.78, 5) is 2.59. The van der Waals surface area contributed by atoms with Crippen molar-refractivity contribution in [3.63, 3.8) is 0 Å². The lowest BCUT2D eigenvalue weighted by molar-refractivity contribution is 0.0932. The fourth-order valence-corrected chi connectivity index (χ4v) is 3.87. The number of rotatable bonds is 7. The first-order chi connectivity index (χ1) is 9.25. The lowest BCUT2D eigenvalue weighted by Gasteiger charge is -2.43. The third-order valence-electron chi connectivity index (χ3n) is 5.07. The van der Waals surface area contributed by atoms with Gasteiger partial charge in [0.25, 0.3) is 0 Å². The largest absolute Gasteiger partial charge is 0.314 e. The van der Waals surface area contributed by atoms with Crippen LogP contribution >= 0.6 is 0 Å². The Morgan fingerprint density at radius 3 is 2.45 bits per heavy atom. The van der Waals surface area contributed by atoms with Gasteiger partial charge in [0.2, 0.25) is 0 Å². The zero-order valence-electron chi connectivity index (χ0n) is 15.0. The van der Waals surface area contributed by atoms with E-state index in [1.54, 1.807) is 0 Å². The molecule has 20 heavy (non-hydrogen) atoms. The number of hydrogen-bond acceptors (Lipinski definition) is 2. The van der Waals surface area contributed by atoms with Crippen LogP contribution in [0.5, 0.6) is 0 Å². The Morgan fingerprint density at radius 1 is 1.25 bits per heavy atom. The summed E-state index contributed by atoms with van der Waals surface area (Å²) < 4.78 is 0. The van der Waals surface area contributed by atoms with Gasteiger partial charge in [0.05, 0.1) is 0 Å². The summed E-state index contributed by atoms with van der Waals surface area (Å²) in [7, 11) is 2.32. The summed E-state index contributed by atoms with van der Waals surface area (Å²) in [5.74, 6) is 1.60. The van der Waals surface area contributed by atoms with Gasteiger partial charge in [-0.15, -0.1) is 0 Å². The van der Waals surface area contributed by atoms with Crippen molar-refractivity contribution in [1.82, 2.24) is 10.2 Å². The van der Waals surface area contributed by atoms with Crippen LogP contribution in [0, 0.1) is 17.3 Å². The summed E-state index contributed by atoms with van der Waals surface area (Å²) in [6.45, 7) is 16.5. The maximum Gasteiger partial charge on any atom is 0.0108 e. The molecule has 0 bridgehead atoms. The van der Waals surface area contributed by atoms with E-state index in [9.17, 15) is 0 Å². The third-order valence-corrected chi connectivity index (χ3v) is 5.07. The highest BCUT2D eigenvalue weighted by Crippen LogP contribution is 2.39. The molecule has 0 spiro atoms. The second kappa shape index (κ2) is 7.79. The van der Waals surface area contributed by atoms with Gasteiger partial charge < -0.3 is 10.2 Å². The lowest BCUT2D eigenvalue weighted by atomic mass is 9.69. The van der Waals surface area contributed by atoms with Gasteiger partial charge in [-0.05, 0) is 63.5 Å². The van der Waals surface area contributed by atoms with Gasteiger partial charge in [0, 0.05) is 18.6 Å². The van der Waals surface area contributed by atoms with Crippen molar-refractivity contribution in [1.29, 1.82) is 0 Å². The Hall–Kier alpha value is -0.0800. The molecule has 2 nitrogen and oxygen atoms in total. The van der Waals surface area contributed by atoms with Crippen LogP contribution in [0.25, 0.3) is 0 Å². The van der Waals surface area contributed by atoms with Crippen LogP contribution in [0.1, 0.15) is 67.2 Å². The van der Waals surface area contributed by atoms with Crippen molar-refractivity contribution >= 4 is 0 Å². The monoisotopic (exact) mass is 282 g/mol. The molecule has 3 atom stereocenters. The average molecular weight is 283 g/mol. The predicted molar refractivity (Wildman–Crippen MR) is 90.1 cm³/mol. The Kier molecular flexibility index (Phi) is 7.00. The van der Waals surface area contributed by atoms with Crippen LogP contribution < -0.4 is 5.32 Å². The predicted octanol–water partition coefficient (Wildman–Crippen LogP) is 4.16. The van der Waals surface area contributed by atoms with Crippen molar-refractivity contribution < 1.29 is 0 Å². The molecular weight excluding hydrogens is 244 g/mol. The first-order valence-electron chi connectivity index (χ1n) is 8.68. The molecule has 120 valence electrons. The van der Waals surface area contributed by atoms with Gasteiger partial charge in [-0.1, -0.05) is 34.6 Å². The minimum atomic E-state index is 0.527. The summed E-state index contributed by atoms with van der Waals surface area (Å²) in [6, 6.07) is 1.42. The van der Waals surface area contributed by atoms with Crippen molar-refractivity contribution in [2.24, 2.45) is 17.3 Å². The van der Waals surface area contributed by atoms with Crippen LogP contribution in [0.2, 0.25) is 0 Å². The third kappa shape index (κ3) is 5.73. The van der Waals surface area contributed by atoms with Crippen LogP contribution in [0.3, 0.4) is 0 Å². The van der Waals surface area contributed by atoms with E-state index in [0.29, 0.717) is 11.5 Å². The molecular formula is C18H38N2. The first-order valence-corrected chi connectivity index (χ1v) is 8.68. The van der Waals surface area contributed by atoms with Crippen LogP contribution in [0.15, 0.2) is 0 Å². The van der Waals surface area contributed by atoms with E-state index in [4.69, 9.17) is 0 Å². The summed E-state index contributed by atoms with van der Waals surface area (Å²) in [6.07, 6.45) is 5.38. The van der Waals surface area contributed by atoms with Crippen molar-refractivity contribution in [3.8, 4) is 0 Å². The highest BCUT2D eigenvalue weighted by atomic mass is 15.1. The normalized spacial score (nSPS) is 28.1. The first kappa shape index (κ1) is 18.0. The molecule has 3 unspecified atom stereocenters. The average Bonchev–Trinajstić information content (AvgIpc) is 2.31. The van der Waals surface area contributed by atoms with Gasteiger partial charge in [-0.3, -0.25) is 0 Å². The quantitative estimate of drug-likeness (QED) is 0.754. The zero-order chi connectivity index (χ0) is 15.3. The molecule has 0 amide bonds. The fraction of sp³-hybridized carbons (Fsp3) is 1.00. The second-order valence-corrected chi connectivity index (χ2v) is 8.25. The second-order valence-electron chi connectivity index (χ2n) is 8.25. The summed E-state index contributed by atoms with van der Waals surface area (Å²) >= 11 is 0. The molecule has 2 heteroatoms. The summed E-state index contributed by atoms with van der Waals surface area (Å²) in [5, 5.41) is 3.73. The van der Waals surface area contributed by atoms with Gasteiger partial charge in [0.15, 0.2) is 0 Å². The smallest absolute Gasteiger partial charge is 0.0108 e. The topological polar surface area (TPSA) is 15.3 Å².